The minimum Gasteiger partial charge on any atom is -0.0654 e. The van der Waals surface area contributed by atoms with Crippen LogP contribution in [-0.2, 0) is 0 Å². The monoisotopic (exact) mass is 346 g/mol. The molecule has 17 heavy (non-hydrogen) atoms. The molecule has 1 saturated heterocycles. The van der Waals surface area contributed by atoms with Crippen LogP contribution in [0.25, 0.3) is 0 Å². The second-order valence-electron chi connectivity index (χ2n) is 4.26. The van der Waals surface area contributed by atoms with E-state index in [0.717, 1.165) is 0 Å². The Bertz CT molecular complexity index is 167. The molecule has 0 radical (unpaired) electrons. The van der Waals surface area contributed by atoms with E-state index in [-0.39, 0.29) is 0 Å². The number of rotatable bonds is 8. The summed E-state index contributed by atoms with van der Waals surface area (Å²) in [6.07, 6.45) is 11.0. The van der Waals surface area contributed by atoms with Crippen LogP contribution in [0.5, 0.6) is 0 Å². The smallest absolute Gasteiger partial charge is 0.0654 e. The van der Waals surface area contributed by atoms with Crippen LogP contribution in [0.1, 0.15) is 65.2 Å². The fourth-order valence-corrected chi connectivity index (χ4v) is 17.2. The molecule has 102 valence electrons. The van der Waals surface area contributed by atoms with Crippen molar-refractivity contribution in [3.63, 3.8) is 0 Å². The van der Waals surface area contributed by atoms with Crippen LogP contribution in [0.15, 0.2) is 0 Å². The molecule has 1 aliphatic heterocycles. The Kier molecular flexibility index (Phi) is 10.9. The maximum atomic E-state index is 2.30. The Morgan fingerprint density at radius 2 is 1.12 bits per heavy atom. The van der Waals surface area contributed by atoms with Crippen molar-refractivity contribution < 1.29 is 0 Å². The van der Waals surface area contributed by atoms with Crippen molar-refractivity contribution in [3.05, 3.63) is 0 Å². The van der Waals surface area contributed by atoms with Gasteiger partial charge in [-0.05, 0) is 52.1 Å². The van der Waals surface area contributed by atoms with E-state index in [1.807, 2.05) is 39.3 Å². The summed E-state index contributed by atoms with van der Waals surface area (Å²) in [7, 11) is 12.1. The van der Waals surface area contributed by atoms with Gasteiger partial charge in [0.05, 0.1) is 4.08 Å². The fraction of sp³-hybridized carbons (Fsp3) is 1.00. The van der Waals surface area contributed by atoms with Crippen LogP contribution in [0.2, 0.25) is 0 Å². The van der Waals surface area contributed by atoms with E-state index in [2.05, 4.69) is 35.4 Å². The quantitative estimate of drug-likeness (QED) is 0.322. The van der Waals surface area contributed by atoms with E-state index in [9.17, 15) is 0 Å². The van der Waals surface area contributed by atoms with E-state index in [4.69, 9.17) is 0 Å². The molecule has 0 spiro atoms. The topological polar surface area (TPSA) is 0 Å². The summed E-state index contributed by atoms with van der Waals surface area (Å²) in [6, 6.07) is 0. The lowest BCUT2D eigenvalue weighted by Crippen LogP contribution is -2.17. The average Bonchev–Trinajstić information content (AvgIpc) is 2.56. The predicted molar refractivity (Wildman–Crippen MR) is 96.6 cm³/mol. The molecular weight excluding hydrogens is 325 g/mol. The minimum absolute atomic E-state index is 0.482. The average molecular weight is 347 g/mol. The van der Waals surface area contributed by atoms with Gasteiger partial charge in [0.15, 0.2) is 0 Å². The highest BCUT2D eigenvalue weighted by Gasteiger charge is 2.33. The Labute approximate surface area is 129 Å². The maximum Gasteiger partial charge on any atom is 0.0834 e. The van der Waals surface area contributed by atoms with Crippen LogP contribution in [0.4, 0.5) is 0 Å². The SMILES string of the molecule is CCCCCC1(CCCCC)SSSSSS1. The standard InChI is InChI=1S/C11H22S6/c1-3-5-7-9-11(10-8-6-4-2)12-14-16-17-15-13-11/h3-10H2,1-2H3. The Hall–Kier alpha value is 2.10. The zero-order valence-electron chi connectivity index (χ0n) is 10.6. The molecule has 1 heterocycles. The first-order chi connectivity index (χ1) is 8.33. The minimum atomic E-state index is 0.482. The van der Waals surface area contributed by atoms with Crippen molar-refractivity contribution in [1.29, 1.82) is 0 Å². The van der Waals surface area contributed by atoms with Crippen molar-refractivity contribution in [1.82, 2.24) is 0 Å². The summed E-state index contributed by atoms with van der Waals surface area (Å²) in [5.74, 6) is 0. The molecule has 1 rings (SSSR count). The fourth-order valence-electron chi connectivity index (χ4n) is 1.77. The Morgan fingerprint density at radius 3 is 1.53 bits per heavy atom. The lowest BCUT2D eigenvalue weighted by molar-refractivity contribution is 0.561. The third kappa shape index (κ3) is 7.45. The molecule has 1 aliphatic rings. The molecule has 1 fully saturated rings. The van der Waals surface area contributed by atoms with E-state index >= 15 is 0 Å². The Morgan fingerprint density at radius 1 is 0.647 bits per heavy atom. The third-order valence-electron chi connectivity index (χ3n) is 2.78. The lowest BCUT2D eigenvalue weighted by Gasteiger charge is -2.29. The highest BCUT2D eigenvalue weighted by Crippen LogP contribution is 2.68. The zero-order valence-corrected chi connectivity index (χ0v) is 15.5. The summed E-state index contributed by atoms with van der Waals surface area (Å²) in [6.45, 7) is 4.60. The first kappa shape index (κ1) is 17.2. The molecule has 6 heteroatoms. The van der Waals surface area contributed by atoms with Gasteiger partial charge in [-0.3, -0.25) is 0 Å². The second-order valence-corrected chi connectivity index (χ2v) is 14.5. The summed E-state index contributed by atoms with van der Waals surface area (Å²) in [4.78, 5) is 0. The number of unbranched alkanes of at least 4 members (excludes halogenated alkanes) is 4. The van der Waals surface area contributed by atoms with Crippen molar-refractivity contribution in [2.45, 2.75) is 69.3 Å². The van der Waals surface area contributed by atoms with Crippen molar-refractivity contribution in [2.24, 2.45) is 0 Å². The molecule has 0 amide bonds. The third-order valence-corrected chi connectivity index (χ3v) is 15.7. The van der Waals surface area contributed by atoms with Crippen molar-refractivity contribution in [2.75, 3.05) is 0 Å². The van der Waals surface area contributed by atoms with Crippen LogP contribution in [-0.4, -0.2) is 4.08 Å². The summed E-state index contributed by atoms with van der Waals surface area (Å²) in [5, 5.41) is 0. The van der Waals surface area contributed by atoms with Crippen LogP contribution in [0, 0.1) is 0 Å². The van der Waals surface area contributed by atoms with Gasteiger partial charge in [0.2, 0.25) is 0 Å². The van der Waals surface area contributed by atoms with Crippen LogP contribution in [0.3, 0.4) is 0 Å². The molecule has 0 unspecified atom stereocenters. The first-order valence-corrected chi connectivity index (χ1v) is 13.8. The van der Waals surface area contributed by atoms with Crippen LogP contribution < -0.4 is 0 Å². The highest BCUT2D eigenvalue weighted by atomic mass is 33.9. The largest absolute Gasteiger partial charge is 0.0834 e. The van der Waals surface area contributed by atoms with Gasteiger partial charge in [-0.1, -0.05) is 74.0 Å². The van der Waals surface area contributed by atoms with E-state index in [1.165, 1.54) is 51.4 Å². The number of hydrogen-bond acceptors (Lipinski definition) is 6. The molecule has 0 aromatic carbocycles. The summed E-state index contributed by atoms with van der Waals surface area (Å²) in [5.41, 5.74) is 0. The normalized spacial score (nSPS) is 20.1. The Balaban J connectivity index is 2.41. The number of hydrogen-bond donors (Lipinski definition) is 0. The summed E-state index contributed by atoms with van der Waals surface area (Å²) >= 11 is 0. The van der Waals surface area contributed by atoms with E-state index in [1.54, 1.807) is 0 Å². The van der Waals surface area contributed by atoms with E-state index in [0.29, 0.717) is 4.08 Å². The predicted octanol–water partition coefficient (Wildman–Crippen LogP) is 7.83. The van der Waals surface area contributed by atoms with Crippen molar-refractivity contribution in [3.8, 4) is 0 Å². The van der Waals surface area contributed by atoms with Gasteiger partial charge in [0.25, 0.3) is 0 Å². The molecule has 0 aromatic heterocycles. The van der Waals surface area contributed by atoms with Crippen molar-refractivity contribution >= 4 is 60.9 Å². The van der Waals surface area contributed by atoms with Gasteiger partial charge < -0.3 is 0 Å². The van der Waals surface area contributed by atoms with Gasteiger partial charge in [-0.15, -0.1) is 0 Å². The van der Waals surface area contributed by atoms with Gasteiger partial charge >= 0.3 is 0 Å². The lowest BCUT2D eigenvalue weighted by atomic mass is 10.1. The molecule has 0 saturated carbocycles. The summed E-state index contributed by atoms with van der Waals surface area (Å²) < 4.78 is 0.482. The van der Waals surface area contributed by atoms with Crippen LogP contribution >= 0.6 is 60.9 Å². The molecule has 0 nitrogen and oxygen atoms in total. The van der Waals surface area contributed by atoms with Gasteiger partial charge in [0, 0.05) is 0 Å². The first-order valence-electron chi connectivity index (χ1n) is 6.36. The molecule has 0 aliphatic carbocycles. The second kappa shape index (κ2) is 10.8. The van der Waals surface area contributed by atoms with E-state index < -0.39 is 0 Å². The molecule has 0 bridgehead atoms. The van der Waals surface area contributed by atoms with Gasteiger partial charge in [-0.25, -0.2) is 0 Å². The zero-order chi connectivity index (χ0) is 12.4. The highest BCUT2D eigenvalue weighted by molar-refractivity contribution is 9.44. The van der Waals surface area contributed by atoms with Gasteiger partial charge in [-0.2, -0.15) is 0 Å². The molecule has 0 atom stereocenters. The maximum absolute atomic E-state index is 2.30. The molecular formula is C11H22S6. The molecule has 0 aromatic rings. The molecule has 0 N–H and O–H groups in total. The van der Waals surface area contributed by atoms with Gasteiger partial charge in [0.1, 0.15) is 0 Å².